The van der Waals surface area contributed by atoms with Gasteiger partial charge in [0.25, 0.3) is 0 Å². The maximum Gasteiger partial charge on any atom is 0.233 e. The monoisotopic (exact) mass is 182 g/mol. The minimum Gasteiger partial charge on any atom is -0.355 e. The Labute approximate surface area is 79.4 Å². The van der Waals surface area contributed by atoms with Crippen molar-refractivity contribution in [2.45, 2.75) is 32.1 Å². The fourth-order valence-corrected chi connectivity index (χ4v) is 1.57. The van der Waals surface area contributed by atoms with Crippen LogP contribution in [0.5, 0.6) is 0 Å². The van der Waals surface area contributed by atoms with E-state index in [-0.39, 0.29) is 12.5 Å². The molecule has 0 fully saturated rings. The first kappa shape index (κ1) is 10.3. The molecule has 0 saturated carbocycles. The third kappa shape index (κ3) is 4.08. The van der Waals surface area contributed by atoms with E-state index >= 15 is 0 Å². The van der Waals surface area contributed by atoms with Gasteiger partial charge in [0, 0.05) is 6.54 Å². The minimum atomic E-state index is -0.0589. The van der Waals surface area contributed by atoms with Gasteiger partial charge in [-0.15, -0.1) is 0 Å². The molecule has 0 heterocycles. The normalized spacial score (nSPS) is 16.5. The topological polar surface area (TPSA) is 55.1 Å². The summed E-state index contributed by atoms with van der Waals surface area (Å²) in [5, 5.41) is 2.77. The van der Waals surface area contributed by atoms with Crippen LogP contribution in [0, 0.1) is 0 Å². The highest BCUT2D eigenvalue weighted by molar-refractivity contribution is 5.77. The Morgan fingerprint density at radius 3 is 3.00 bits per heavy atom. The first-order chi connectivity index (χ1) is 6.33. The lowest BCUT2D eigenvalue weighted by molar-refractivity contribution is -0.119. The van der Waals surface area contributed by atoms with Gasteiger partial charge >= 0.3 is 0 Å². The molecule has 0 aromatic rings. The second-order valence-corrected chi connectivity index (χ2v) is 3.41. The molecular weight excluding hydrogens is 164 g/mol. The molecule has 3 N–H and O–H groups in total. The van der Waals surface area contributed by atoms with Gasteiger partial charge in [-0.25, -0.2) is 0 Å². The van der Waals surface area contributed by atoms with Gasteiger partial charge in [-0.3, -0.25) is 4.79 Å². The zero-order valence-corrected chi connectivity index (χ0v) is 8.01. The van der Waals surface area contributed by atoms with Crippen molar-refractivity contribution in [3.05, 3.63) is 11.6 Å². The Bertz CT molecular complexity index is 199. The Balaban J connectivity index is 2.11. The smallest absolute Gasteiger partial charge is 0.233 e. The average molecular weight is 182 g/mol. The summed E-state index contributed by atoms with van der Waals surface area (Å²) in [4.78, 5) is 10.8. The van der Waals surface area contributed by atoms with Gasteiger partial charge in [-0.1, -0.05) is 11.6 Å². The molecule has 3 heteroatoms. The van der Waals surface area contributed by atoms with Gasteiger partial charge in [0.2, 0.25) is 5.91 Å². The van der Waals surface area contributed by atoms with Crippen molar-refractivity contribution < 1.29 is 4.79 Å². The van der Waals surface area contributed by atoms with E-state index in [9.17, 15) is 4.79 Å². The van der Waals surface area contributed by atoms with Gasteiger partial charge in [0.05, 0.1) is 6.54 Å². The molecule has 0 unspecified atom stereocenters. The van der Waals surface area contributed by atoms with Crippen molar-refractivity contribution in [3.63, 3.8) is 0 Å². The van der Waals surface area contributed by atoms with Crippen molar-refractivity contribution in [1.29, 1.82) is 0 Å². The Morgan fingerprint density at radius 1 is 1.54 bits per heavy atom. The highest BCUT2D eigenvalue weighted by Gasteiger charge is 2.03. The molecule has 1 amide bonds. The fourth-order valence-electron chi connectivity index (χ4n) is 1.57. The summed E-state index contributed by atoms with van der Waals surface area (Å²) < 4.78 is 0. The van der Waals surface area contributed by atoms with Gasteiger partial charge < -0.3 is 11.1 Å². The molecule has 1 aliphatic rings. The number of allylic oxidation sites excluding steroid dienone is 1. The molecule has 0 aliphatic heterocycles. The third-order valence-electron chi connectivity index (χ3n) is 2.34. The number of hydrogen-bond donors (Lipinski definition) is 2. The van der Waals surface area contributed by atoms with Crippen molar-refractivity contribution in [2.75, 3.05) is 13.1 Å². The van der Waals surface area contributed by atoms with Crippen molar-refractivity contribution in [1.82, 2.24) is 5.32 Å². The molecule has 0 spiro atoms. The average Bonchev–Trinajstić information content (AvgIpc) is 2.19. The molecule has 0 saturated heterocycles. The van der Waals surface area contributed by atoms with Crippen LogP contribution in [0.4, 0.5) is 0 Å². The second-order valence-electron chi connectivity index (χ2n) is 3.41. The van der Waals surface area contributed by atoms with Crippen molar-refractivity contribution >= 4 is 5.91 Å². The zero-order chi connectivity index (χ0) is 9.52. The molecule has 0 radical (unpaired) electrons. The number of nitrogens with two attached hydrogens (primary N) is 1. The Hall–Kier alpha value is -0.830. The van der Waals surface area contributed by atoms with E-state index < -0.39 is 0 Å². The maximum atomic E-state index is 10.8. The number of nitrogens with one attached hydrogen (secondary N) is 1. The van der Waals surface area contributed by atoms with Crippen LogP contribution >= 0.6 is 0 Å². The molecule has 3 nitrogen and oxygen atoms in total. The number of amides is 1. The predicted octanol–water partition coefficient (Wildman–Crippen LogP) is 0.952. The lowest BCUT2D eigenvalue weighted by atomic mass is 9.97. The lowest BCUT2D eigenvalue weighted by Crippen LogP contribution is -2.31. The summed E-state index contributed by atoms with van der Waals surface area (Å²) in [6.45, 7) is 0.834. The van der Waals surface area contributed by atoms with E-state index in [0.717, 1.165) is 13.0 Å². The van der Waals surface area contributed by atoms with E-state index in [1.807, 2.05) is 0 Å². The number of rotatable bonds is 4. The van der Waals surface area contributed by atoms with Crippen LogP contribution in [0.25, 0.3) is 0 Å². The van der Waals surface area contributed by atoms with E-state index in [1.54, 1.807) is 0 Å². The summed E-state index contributed by atoms with van der Waals surface area (Å²) in [5.74, 6) is -0.0589. The molecule has 13 heavy (non-hydrogen) atoms. The SMILES string of the molecule is NCC(=O)NCCC1=CCCCC1. The number of carbonyl (C=O) groups excluding carboxylic acids is 1. The predicted molar refractivity (Wildman–Crippen MR) is 53.2 cm³/mol. The van der Waals surface area contributed by atoms with Crippen LogP contribution in [0.2, 0.25) is 0 Å². The quantitative estimate of drug-likeness (QED) is 0.636. The first-order valence-corrected chi connectivity index (χ1v) is 4.97. The molecule has 1 rings (SSSR count). The highest BCUT2D eigenvalue weighted by Crippen LogP contribution is 2.19. The largest absolute Gasteiger partial charge is 0.355 e. The van der Waals surface area contributed by atoms with Gasteiger partial charge in [-0.2, -0.15) is 0 Å². The lowest BCUT2D eigenvalue weighted by Gasteiger charge is -2.12. The zero-order valence-electron chi connectivity index (χ0n) is 8.01. The fraction of sp³-hybridized carbons (Fsp3) is 0.700. The molecule has 0 atom stereocenters. The minimum absolute atomic E-state index is 0.0589. The van der Waals surface area contributed by atoms with Gasteiger partial charge in [-0.05, 0) is 32.1 Å². The van der Waals surface area contributed by atoms with E-state index in [1.165, 1.54) is 31.3 Å². The second kappa shape index (κ2) is 5.75. The third-order valence-corrected chi connectivity index (χ3v) is 2.34. The van der Waals surface area contributed by atoms with Crippen LogP contribution < -0.4 is 11.1 Å². The van der Waals surface area contributed by atoms with E-state index in [4.69, 9.17) is 5.73 Å². The van der Waals surface area contributed by atoms with Crippen LogP contribution in [-0.2, 0) is 4.79 Å². The summed E-state index contributed by atoms with van der Waals surface area (Å²) in [6.07, 6.45) is 8.33. The Morgan fingerprint density at radius 2 is 2.38 bits per heavy atom. The van der Waals surface area contributed by atoms with Crippen molar-refractivity contribution in [2.24, 2.45) is 5.73 Å². The first-order valence-electron chi connectivity index (χ1n) is 4.97. The Kier molecular flexibility index (Phi) is 4.54. The summed E-state index contributed by atoms with van der Waals surface area (Å²) >= 11 is 0. The van der Waals surface area contributed by atoms with Crippen LogP contribution in [-0.4, -0.2) is 19.0 Å². The highest BCUT2D eigenvalue weighted by atomic mass is 16.1. The molecular formula is C10H18N2O. The molecule has 1 aliphatic carbocycles. The maximum absolute atomic E-state index is 10.8. The summed E-state index contributed by atoms with van der Waals surface area (Å²) in [6, 6.07) is 0. The summed E-state index contributed by atoms with van der Waals surface area (Å²) in [7, 11) is 0. The van der Waals surface area contributed by atoms with Gasteiger partial charge in [0.15, 0.2) is 0 Å². The molecule has 74 valence electrons. The number of hydrogen-bond acceptors (Lipinski definition) is 2. The van der Waals surface area contributed by atoms with Crippen LogP contribution in [0.1, 0.15) is 32.1 Å². The number of carbonyl (C=O) groups is 1. The molecule has 0 aromatic carbocycles. The van der Waals surface area contributed by atoms with Crippen LogP contribution in [0.15, 0.2) is 11.6 Å². The van der Waals surface area contributed by atoms with Gasteiger partial charge in [0.1, 0.15) is 0 Å². The molecule has 0 bridgehead atoms. The summed E-state index contributed by atoms with van der Waals surface area (Å²) in [5.41, 5.74) is 6.65. The van der Waals surface area contributed by atoms with E-state index in [0.29, 0.717) is 0 Å². The molecule has 0 aromatic heterocycles. The standard InChI is InChI=1S/C10H18N2O/c11-8-10(13)12-7-6-9-4-2-1-3-5-9/h4H,1-3,5-8,11H2,(H,12,13). The van der Waals surface area contributed by atoms with Crippen LogP contribution in [0.3, 0.4) is 0 Å². The van der Waals surface area contributed by atoms with E-state index in [2.05, 4.69) is 11.4 Å². The van der Waals surface area contributed by atoms with Crippen molar-refractivity contribution in [3.8, 4) is 0 Å².